The van der Waals surface area contributed by atoms with Crippen LogP contribution in [0.3, 0.4) is 0 Å². The molecule has 0 radical (unpaired) electrons. The summed E-state index contributed by atoms with van der Waals surface area (Å²) >= 11 is 0. The van der Waals surface area contributed by atoms with Crippen molar-refractivity contribution >= 4 is 34.7 Å². The van der Waals surface area contributed by atoms with E-state index in [4.69, 9.17) is 5.10 Å². The number of anilines is 5. The SMILES string of the molecule is CC.CC.Cc1ccc(N(N=Cc2ccc(N(c3ccccc3)c3ccc(C)cc3)cc2)c2ccccc2)cc1. The second-order valence-corrected chi connectivity index (χ2v) is 8.83. The predicted octanol–water partition coefficient (Wildman–Crippen LogP) is 11.0. The molecule has 0 aliphatic carbocycles. The van der Waals surface area contributed by atoms with Gasteiger partial charge in [-0.2, -0.15) is 5.10 Å². The van der Waals surface area contributed by atoms with E-state index in [9.17, 15) is 0 Å². The Kier molecular flexibility index (Phi) is 11.7. The van der Waals surface area contributed by atoms with Crippen LogP contribution in [0.5, 0.6) is 0 Å². The Bertz CT molecular complexity index is 1410. The van der Waals surface area contributed by atoms with Gasteiger partial charge in [-0.15, -0.1) is 0 Å². The molecule has 0 fully saturated rings. The maximum Gasteiger partial charge on any atom is 0.0652 e. The number of benzene rings is 5. The molecule has 204 valence electrons. The molecule has 0 amide bonds. The number of hydrogen-bond donors (Lipinski definition) is 0. The van der Waals surface area contributed by atoms with Crippen LogP contribution in [0.2, 0.25) is 0 Å². The van der Waals surface area contributed by atoms with E-state index in [-0.39, 0.29) is 0 Å². The molecular weight excluding hydrogens is 486 g/mol. The van der Waals surface area contributed by atoms with Gasteiger partial charge in [-0.25, -0.2) is 5.01 Å². The molecule has 0 unspecified atom stereocenters. The Hall–Kier alpha value is -4.63. The molecule has 0 saturated carbocycles. The largest absolute Gasteiger partial charge is 0.311 e. The Balaban J connectivity index is 0.00000106. The minimum absolute atomic E-state index is 1.02. The van der Waals surface area contributed by atoms with Gasteiger partial charge < -0.3 is 4.90 Å². The number of hydrogen-bond acceptors (Lipinski definition) is 3. The molecule has 0 aliphatic rings. The highest BCUT2D eigenvalue weighted by molar-refractivity contribution is 5.84. The summed E-state index contributed by atoms with van der Waals surface area (Å²) in [5, 5.41) is 6.83. The highest BCUT2D eigenvalue weighted by Crippen LogP contribution is 2.34. The van der Waals surface area contributed by atoms with E-state index in [0.717, 1.165) is 34.0 Å². The van der Waals surface area contributed by atoms with E-state index >= 15 is 0 Å². The van der Waals surface area contributed by atoms with E-state index in [1.165, 1.54) is 11.1 Å². The Morgan fingerprint density at radius 3 is 1.25 bits per heavy atom. The van der Waals surface area contributed by atoms with Crippen molar-refractivity contribution in [2.45, 2.75) is 41.5 Å². The minimum Gasteiger partial charge on any atom is -0.311 e. The van der Waals surface area contributed by atoms with Gasteiger partial charge in [0, 0.05) is 17.1 Å². The molecule has 0 bridgehead atoms. The number of para-hydroxylation sites is 2. The van der Waals surface area contributed by atoms with Gasteiger partial charge in [0.1, 0.15) is 0 Å². The van der Waals surface area contributed by atoms with Gasteiger partial charge in [0.25, 0.3) is 0 Å². The Morgan fingerprint density at radius 2 is 0.775 bits per heavy atom. The van der Waals surface area contributed by atoms with Crippen molar-refractivity contribution in [2.24, 2.45) is 5.10 Å². The van der Waals surface area contributed by atoms with Crippen molar-refractivity contribution in [3.05, 3.63) is 150 Å². The summed E-state index contributed by atoms with van der Waals surface area (Å²) in [7, 11) is 0. The molecule has 0 heterocycles. The molecule has 0 spiro atoms. The molecule has 0 aliphatic heterocycles. The van der Waals surface area contributed by atoms with Crippen molar-refractivity contribution in [1.29, 1.82) is 0 Å². The fourth-order valence-corrected chi connectivity index (χ4v) is 4.09. The predicted molar refractivity (Wildman–Crippen MR) is 176 cm³/mol. The second-order valence-electron chi connectivity index (χ2n) is 8.83. The van der Waals surface area contributed by atoms with Crippen LogP contribution in [0.1, 0.15) is 44.4 Å². The van der Waals surface area contributed by atoms with E-state index < -0.39 is 0 Å². The number of hydrazone groups is 1. The summed E-state index contributed by atoms with van der Waals surface area (Å²) in [6.07, 6.45) is 1.91. The van der Waals surface area contributed by atoms with Gasteiger partial charge in [-0.3, -0.25) is 0 Å². The van der Waals surface area contributed by atoms with E-state index in [1.807, 2.05) is 63.2 Å². The fourth-order valence-electron chi connectivity index (χ4n) is 4.09. The van der Waals surface area contributed by atoms with Crippen molar-refractivity contribution in [2.75, 3.05) is 9.91 Å². The summed E-state index contributed by atoms with van der Waals surface area (Å²) in [5.41, 5.74) is 8.89. The zero-order valence-corrected chi connectivity index (χ0v) is 24.6. The first kappa shape index (κ1) is 29.9. The maximum atomic E-state index is 4.86. The van der Waals surface area contributed by atoms with Crippen molar-refractivity contribution < 1.29 is 0 Å². The van der Waals surface area contributed by atoms with Gasteiger partial charge in [0.15, 0.2) is 0 Å². The molecule has 0 aromatic heterocycles. The van der Waals surface area contributed by atoms with Crippen LogP contribution < -0.4 is 9.91 Å². The minimum atomic E-state index is 1.02. The summed E-state index contributed by atoms with van der Waals surface area (Å²) in [6.45, 7) is 12.2. The van der Waals surface area contributed by atoms with Gasteiger partial charge in [-0.05, 0) is 80.1 Å². The lowest BCUT2D eigenvalue weighted by atomic mass is 10.1. The quantitative estimate of drug-likeness (QED) is 0.155. The highest BCUT2D eigenvalue weighted by Gasteiger charge is 2.12. The third kappa shape index (κ3) is 7.94. The van der Waals surface area contributed by atoms with Gasteiger partial charge in [0.05, 0.1) is 17.6 Å². The van der Waals surface area contributed by atoms with Gasteiger partial charge in [0.2, 0.25) is 0 Å². The van der Waals surface area contributed by atoms with Crippen LogP contribution in [-0.2, 0) is 0 Å². The summed E-state index contributed by atoms with van der Waals surface area (Å²) < 4.78 is 0. The standard InChI is InChI=1S/C33H29N3.2C2H6/c1-26-13-19-30(20-14-26)35(29-9-5-3-6-10-29)31-23-17-28(18-24-31)25-34-36(32-11-7-4-8-12-32)33-21-15-27(2)16-22-33;2*1-2/h3-25H,1-2H3;2*1-2H3. The van der Waals surface area contributed by atoms with Crippen LogP contribution in [0.4, 0.5) is 28.4 Å². The number of nitrogens with zero attached hydrogens (tertiary/aromatic N) is 3. The Labute approximate surface area is 241 Å². The van der Waals surface area contributed by atoms with Crippen molar-refractivity contribution in [3.63, 3.8) is 0 Å². The number of rotatable bonds is 7. The summed E-state index contributed by atoms with van der Waals surface area (Å²) in [4.78, 5) is 2.27. The highest BCUT2D eigenvalue weighted by atomic mass is 15.5. The van der Waals surface area contributed by atoms with Crippen molar-refractivity contribution in [1.82, 2.24) is 0 Å². The zero-order valence-electron chi connectivity index (χ0n) is 24.6. The smallest absolute Gasteiger partial charge is 0.0652 e. The molecule has 5 aromatic carbocycles. The first-order chi connectivity index (χ1) is 19.7. The van der Waals surface area contributed by atoms with Crippen LogP contribution >= 0.6 is 0 Å². The van der Waals surface area contributed by atoms with Gasteiger partial charge in [-0.1, -0.05) is 112 Å². The van der Waals surface area contributed by atoms with E-state index in [0.29, 0.717) is 0 Å². The van der Waals surface area contributed by atoms with E-state index in [1.54, 1.807) is 0 Å². The Morgan fingerprint density at radius 1 is 0.425 bits per heavy atom. The maximum absolute atomic E-state index is 4.86. The van der Waals surface area contributed by atoms with Crippen LogP contribution in [-0.4, -0.2) is 6.21 Å². The molecule has 0 atom stereocenters. The third-order valence-corrected chi connectivity index (χ3v) is 6.06. The average Bonchev–Trinajstić information content (AvgIpc) is 3.03. The third-order valence-electron chi connectivity index (χ3n) is 6.06. The van der Waals surface area contributed by atoms with Crippen molar-refractivity contribution in [3.8, 4) is 0 Å². The lowest BCUT2D eigenvalue weighted by Gasteiger charge is -2.25. The lowest BCUT2D eigenvalue weighted by molar-refractivity contribution is 1.09. The topological polar surface area (TPSA) is 18.8 Å². The van der Waals surface area contributed by atoms with Crippen LogP contribution in [0.15, 0.2) is 139 Å². The zero-order chi connectivity index (χ0) is 28.7. The normalized spacial score (nSPS) is 10.2. The van der Waals surface area contributed by atoms with Gasteiger partial charge >= 0.3 is 0 Å². The van der Waals surface area contributed by atoms with Crippen LogP contribution in [0.25, 0.3) is 0 Å². The average molecular weight is 528 g/mol. The second kappa shape index (κ2) is 15.7. The first-order valence-corrected chi connectivity index (χ1v) is 14.2. The number of aryl methyl sites for hydroxylation is 2. The molecule has 40 heavy (non-hydrogen) atoms. The summed E-state index contributed by atoms with van der Waals surface area (Å²) in [6, 6.07) is 46.2. The van der Waals surface area contributed by atoms with E-state index in [2.05, 4.69) is 128 Å². The monoisotopic (exact) mass is 527 g/mol. The van der Waals surface area contributed by atoms with Crippen LogP contribution in [0, 0.1) is 13.8 Å². The molecule has 0 N–H and O–H groups in total. The molecule has 3 nitrogen and oxygen atoms in total. The molecule has 5 rings (SSSR count). The molecular formula is C37H41N3. The molecule has 0 saturated heterocycles. The summed E-state index contributed by atoms with van der Waals surface area (Å²) in [5.74, 6) is 0. The molecule has 5 aromatic rings. The molecule has 3 heteroatoms. The fraction of sp³-hybridized carbons (Fsp3) is 0.162. The first-order valence-electron chi connectivity index (χ1n) is 14.2. The lowest BCUT2D eigenvalue weighted by Crippen LogP contribution is -2.10.